The van der Waals surface area contributed by atoms with Crippen LogP contribution >= 0.6 is 11.6 Å². The molecule has 0 atom stereocenters. The molecule has 0 unspecified atom stereocenters. The van der Waals surface area contributed by atoms with Crippen molar-refractivity contribution in [3.63, 3.8) is 0 Å². The summed E-state index contributed by atoms with van der Waals surface area (Å²) in [5, 5.41) is 5.28. The topological polar surface area (TPSA) is 26.0 Å². The molecule has 0 amide bonds. The zero-order chi connectivity index (χ0) is 20.1. The molecular formula is C27H16ClNO. The lowest BCUT2D eigenvalue weighted by molar-refractivity contribution is 0.623. The highest BCUT2D eigenvalue weighted by molar-refractivity contribution is 6.30. The summed E-state index contributed by atoms with van der Waals surface area (Å²) < 4.78 is 6.28. The third-order valence-electron chi connectivity index (χ3n) is 5.53. The molecule has 6 aromatic rings. The molecule has 0 saturated carbocycles. The molecule has 0 bridgehead atoms. The third kappa shape index (κ3) is 2.77. The SMILES string of the molecule is Clc1cccc(-c2ccc3c(ccc4ccc5nc(-c6ccccc6)oc5c43)c2)c1. The summed E-state index contributed by atoms with van der Waals surface area (Å²) in [5.74, 6) is 0.644. The van der Waals surface area contributed by atoms with Crippen molar-refractivity contribution in [3.8, 4) is 22.6 Å². The van der Waals surface area contributed by atoms with Crippen molar-refractivity contribution >= 4 is 44.2 Å². The van der Waals surface area contributed by atoms with E-state index < -0.39 is 0 Å². The van der Waals surface area contributed by atoms with Gasteiger partial charge in [-0.05, 0) is 63.7 Å². The molecule has 6 rings (SSSR count). The number of hydrogen-bond donors (Lipinski definition) is 0. The Kier molecular flexibility index (Phi) is 3.87. The van der Waals surface area contributed by atoms with E-state index in [0.29, 0.717) is 5.89 Å². The Hall–Kier alpha value is -3.62. The van der Waals surface area contributed by atoms with Crippen LogP contribution in [0.3, 0.4) is 0 Å². The van der Waals surface area contributed by atoms with Crippen molar-refractivity contribution in [2.75, 3.05) is 0 Å². The van der Waals surface area contributed by atoms with Gasteiger partial charge in [-0.1, -0.05) is 72.3 Å². The van der Waals surface area contributed by atoms with Crippen molar-refractivity contribution in [3.05, 3.63) is 102 Å². The highest BCUT2D eigenvalue weighted by Crippen LogP contribution is 2.36. The summed E-state index contributed by atoms with van der Waals surface area (Å²) in [5.41, 5.74) is 4.92. The third-order valence-corrected chi connectivity index (χ3v) is 5.77. The van der Waals surface area contributed by atoms with Crippen molar-refractivity contribution in [1.82, 2.24) is 4.98 Å². The summed E-state index contributed by atoms with van der Waals surface area (Å²) in [4.78, 5) is 4.73. The molecule has 0 N–H and O–H groups in total. The lowest BCUT2D eigenvalue weighted by Crippen LogP contribution is -1.82. The van der Waals surface area contributed by atoms with Gasteiger partial charge in [0.1, 0.15) is 5.52 Å². The molecule has 0 saturated heterocycles. The predicted octanol–water partition coefficient (Wildman–Crippen LogP) is 8.12. The summed E-state index contributed by atoms with van der Waals surface area (Å²) in [6.45, 7) is 0. The van der Waals surface area contributed by atoms with Gasteiger partial charge in [-0.15, -0.1) is 0 Å². The number of oxazole rings is 1. The molecule has 1 heterocycles. The second-order valence-electron chi connectivity index (χ2n) is 7.41. The zero-order valence-corrected chi connectivity index (χ0v) is 16.7. The number of rotatable bonds is 2. The Morgan fingerprint density at radius 3 is 2.27 bits per heavy atom. The van der Waals surface area contributed by atoms with Gasteiger partial charge in [0.15, 0.2) is 5.58 Å². The minimum Gasteiger partial charge on any atom is -0.435 e. The first-order valence-corrected chi connectivity index (χ1v) is 10.2. The Morgan fingerprint density at radius 1 is 0.633 bits per heavy atom. The second-order valence-corrected chi connectivity index (χ2v) is 7.85. The van der Waals surface area contributed by atoms with Gasteiger partial charge in [0, 0.05) is 16.0 Å². The van der Waals surface area contributed by atoms with E-state index in [0.717, 1.165) is 54.4 Å². The smallest absolute Gasteiger partial charge is 0.227 e. The van der Waals surface area contributed by atoms with Gasteiger partial charge in [0.2, 0.25) is 5.89 Å². The van der Waals surface area contributed by atoms with Crippen LogP contribution in [-0.4, -0.2) is 4.98 Å². The Morgan fingerprint density at radius 2 is 1.40 bits per heavy atom. The number of fused-ring (bicyclic) bond motifs is 5. The molecule has 30 heavy (non-hydrogen) atoms. The van der Waals surface area contributed by atoms with E-state index in [4.69, 9.17) is 21.0 Å². The first-order chi connectivity index (χ1) is 14.8. The largest absolute Gasteiger partial charge is 0.435 e. The minimum atomic E-state index is 0.644. The van der Waals surface area contributed by atoms with Crippen LogP contribution in [-0.2, 0) is 0 Å². The average molecular weight is 406 g/mol. The van der Waals surface area contributed by atoms with E-state index in [1.807, 2.05) is 54.6 Å². The first-order valence-electron chi connectivity index (χ1n) is 9.84. The molecule has 0 fully saturated rings. The van der Waals surface area contributed by atoms with Gasteiger partial charge in [-0.3, -0.25) is 0 Å². The highest BCUT2D eigenvalue weighted by atomic mass is 35.5. The maximum atomic E-state index is 6.28. The van der Waals surface area contributed by atoms with Gasteiger partial charge in [-0.2, -0.15) is 0 Å². The monoisotopic (exact) mass is 405 g/mol. The number of halogens is 1. The van der Waals surface area contributed by atoms with Crippen LogP contribution in [0.2, 0.25) is 5.02 Å². The van der Waals surface area contributed by atoms with Crippen LogP contribution in [0.5, 0.6) is 0 Å². The Bertz CT molecular complexity index is 1550. The second kappa shape index (κ2) is 6.72. The van der Waals surface area contributed by atoms with Crippen LogP contribution < -0.4 is 0 Å². The molecular weight excluding hydrogens is 390 g/mol. The van der Waals surface area contributed by atoms with Crippen LogP contribution in [0.1, 0.15) is 0 Å². The number of benzene rings is 5. The van der Waals surface area contributed by atoms with Gasteiger partial charge < -0.3 is 4.42 Å². The van der Waals surface area contributed by atoms with Crippen LogP contribution in [0.25, 0.3) is 55.2 Å². The fourth-order valence-corrected chi connectivity index (χ4v) is 4.27. The lowest BCUT2D eigenvalue weighted by Gasteiger charge is -2.08. The summed E-state index contributed by atoms with van der Waals surface area (Å²) in [7, 11) is 0. The van der Waals surface area contributed by atoms with E-state index in [-0.39, 0.29) is 0 Å². The van der Waals surface area contributed by atoms with Crippen molar-refractivity contribution in [2.24, 2.45) is 0 Å². The lowest BCUT2D eigenvalue weighted by atomic mass is 9.97. The standard InChI is InChI=1S/C27H16ClNO/c28-22-8-4-7-19(16-22)20-11-13-23-21(15-20)10-9-17-12-14-24-26(25(17)23)30-27(29-24)18-5-2-1-3-6-18/h1-16H. The maximum absolute atomic E-state index is 6.28. The molecule has 3 heteroatoms. The Balaban J connectivity index is 1.60. The van der Waals surface area contributed by atoms with Crippen LogP contribution in [0.4, 0.5) is 0 Å². The van der Waals surface area contributed by atoms with Gasteiger partial charge in [0.25, 0.3) is 0 Å². The number of nitrogens with zero attached hydrogens (tertiary/aromatic N) is 1. The van der Waals surface area contributed by atoms with E-state index in [1.54, 1.807) is 0 Å². The molecule has 0 aliphatic heterocycles. The fourth-order valence-electron chi connectivity index (χ4n) is 4.08. The summed E-state index contributed by atoms with van der Waals surface area (Å²) in [6, 6.07) is 32.9. The molecule has 0 aliphatic carbocycles. The molecule has 142 valence electrons. The van der Waals surface area contributed by atoms with E-state index in [2.05, 4.69) is 42.5 Å². The molecule has 2 nitrogen and oxygen atoms in total. The maximum Gasteiger partial charge on any atom is 0.227 e. The quantitative estimate of drug-likeness (QED) is 0.272. The number of hydrogen-bond acceptors (Lipinski definition) is 2. The first kappa shape index (κ1) is 17.3. The van der Waals surface area contributed by atoms with Gasteiger partial charge >= 0.3 is 0 Å². The zero-order valence-electron chi connectivity index (χ0n) is 16.0. The van der Waals surface area contributed by atoms with Crippen molar-refractivity contribution < 1.29 is 4.42 Å². The molecule has 0 spiro atoms. The minimum absolute atomic E-state index is 0.644. The van der Waals surface area contributed by atoms with Crippen LogP contribution in [0.15, 0.2) is 101 Å². The van der Waals surface area contributed by atoms with Gasteiger partial charge in [0.05, 0.1) is 0 Å². The van der Waals surface area contributed by atoms with E-state index in [1.165, 1.54) is 0 Å². The highest BCUT2D eigenvalue weighted by Gasteiger charge is 2.13. The predicted molar refractivity (Wildman–Crippen MR) is 125 cm³/mol. The Labute approximate surface area is 178 Å². The summed E-state index contributed by atoms with van der Waals surface area (Å²) >= 11 is 6.19. The van der Waals surface area contributed by atoms with Gasteiger partial charge in [-0.25, -0.2) is 4.98 Å². The molecule has 5 aromatic carbocycles. The fraction of sp³-hybridized carbons (Fsp3) is 0. The molecule has 0 aliphatic rings. The number of aromatic nitrogens is 1. The van der Waals surface area contributed by atoms with Crippen molar-refractivity contribution in [2.45, 2.75) is 0 Å². The normalized spacial score (nSPS) is 11.5. The average Bonchev–Trinajstić information content (AvgIpc) is 3.23. The van der Waals surface area contributed by atoms with E-state index >= 15 is 0 Å². The summed E-state index contributed by atoms with van der Waals surface area (Å²) in [6.07, 6.45) is 0. The van der Waals surface area contributed by atoms with Crippen LogP contribution in [0, 0.1) is 0 Å². The van der Waals surface area contributed by atoms with E-state index in [9.17, 15) is 0 Å². The molecule has 0 radical (unpaired) electrons. The molecule has 1 aromatic heterocycles. The van der Waals surface area contributed by atoms with Crippen molar-refractivity contribution in [1.29, 1.82) is 0 Å².